The highest BCUT2D eigenvalue weighted by molar-refractivity contribution is 5.94. The molecule has 0 saturated carbocycles. The lowest BCUT2D eigenvalue weighted by atomic mass is 10.1. The Morgan fingerprint density at radius 3 is 2.40 bits per heavy atom. The van der Waals surface area contributed by atoms with Crippen molar-refractivity contribution in [2.45, 2.75) is 13.3 Å². The quantitative estimate of drug-likeness (QED) is 0.764. The van der Waals surface area contributed by atoms with Crippen LogP contribution in [0.4, 0.5) is 0 Å². The van der Waals surface area contributed by atoms with Crippen molar-refractivity contribution in [1.82, 2.24) is 9.80 Å². The maximum Gasteiger partial charge on any atom is 0.253 e. The first-order valence-electron chi connectivity index (χ1n) is 6.96. The number of nitrogens with zero attached hydrogens (tertiary/aromatic N) is 2. The zero-order chi connectivity index (χ0) is 14.4. The fourth-order valence-corrected chi connectivity index (χ4v) is 2.13. The lowest BCUT2D eigenvalue weighted by Crippen LogP contribution is -2.48. The van der Waals surface area contributed by atoms with E-state index in [1.807, 2.05) is 12.1 Å². The molecule has 5 nitrogen and oxygen atoms in total. The smallest absolute Gasteiger partial charge is 0.253 e. The molecule has 2 amide bonds. The molecule has 0 N–H and O–H groups in total. The summed E-state index contributed by atoms with van der Waals surface area (Å²) >= 11 is 0. The number of rotatable bonds is 5. The molecule has 2 rings (SSSR count). The van der Waals surface area contributed by atoms with Gasteiger partial charge in [0.25, 0.3) is 5.91 Å². The first-order chi connectivity index (χ1) is 9.74. The summed E-state index contributed by atoms with van der Waals surface area (Å²) < 4.78 is 5.49. The van der Waals surface area contributed by atoms with Crippen molar-refractivity contribution < 1.29 is 14.3 Å². The Morgan fingerprint density at radius 2 is 1.85 bits per heavy atom. The Balaban J connectivity index is 1.94. The molecule has 0 aliphatic carbocycles. The predicted octanol–water partition coefficient (Wildman–Crippen LogP) is 1.39. The lowest BCUT2D eigenvalue weighted by molar-refractivity contribution is -0.119. The van der Waals surface area contributed by atoms with Gasteiger partial charge >= 0.3 is 0 Å². The minimum absolute atomic E-state index is 0.0117. The van der Waals surface area contributed by atoms with E-state index >= 15 is 0 Å². The highest BCUT2D eigenvalue weighted by Crippen LogP contribution is 2.14. The van der Waals surface area contributed by atoms with E-state index in [4.69, 9.17) is 4.74 Å². The average molecular weight is 276 g/mol. The molecule has 1 heterocycles. The Kier molecular flexibility index (Phi) is 4.98. The van der Waals surface area contributed by atoms with Gasteiger partial charge in [0.15, 0.2) is 0 Å². The topological polar surface area (TPSA) is 49.9 Å². The predicted molar refractivity (Wildman–Crippen MR) is 75.8 cm³/mol. The number of ether oxygens (including phenoxy) is 1. The van der Waals surface area contributed by atoms with Gasteiger partial charge in [0.1, 0.15) is 5.75 Å². The van der Waals surface area contributed by atoms with Gasteiger partial charge in [0.05, 0.1) is 6.61 Å². The highest BCUT2D eigenvalue weighted by Gasteiger charge is 2.21. The largest absolute Gasteiger partial charge is 0.494 e. The van der Waals surface area contributed by atoms with E-state index in [1.165, 1.54) is 0 Å². The van der Waals surface area contributed by atoms with Crippen LogP contribution in [0.25, 0.3) is 0 Å². The maximum atomic E-state index is 12.3. The van der Waals surface area contributed by atoms with Crippen molar-refractivity contribution in [3.05, 3.63) is 29.8 Å². The normalized spacial score (nSPS) is 15.1. The summed E-state index contributed by atoms with van der Waals surface area (Å²) in [4.78, 5) is 26.4. The van der Waals surface area contributed by atoms with Crippen LogP contribution in [0.15, 0.2) is 24.3 Å². The van der Waals surface area contributed by atoms with E-state index < -0.39 is 0 Å². The van der Waals surface area contributed by atoms with E-state index in [1.54, 1.807) is 21.9 Å². The number of hydrogen-bond donors (Lipinski definition) is 0. The Morgan fingerprint density at radius 1 is 1.20 bits per heavy atom. The average Bonchev–Trinajstić information content (AvgIpc) is 2.53. The first kappa shape index (κ1) is 14.4. The summed E-state index contributed by atoms with van der Waals surface area (Å²) in [7, 11) is 0. The second-order valence-corrected chi connectivity index (χ2v) is 4.81. The molecule has 0 spiro atoms. The number of amides is 2. The van der Waals surface area contributed by atoms with Gasteiger partial charge < -0.3 is 14.5 Å². The zero-order valence-electron chi connectivity index (χ0n) is 11.7. The fourth-order valence-electron chi connectivity index (χ4n) is 2.13. The molecule has 108 valence electrons. The van der Waals surface area contributed by atoms with Gasteiger partial charge in [-0.3, -0.25) is 9.59 Å². The number of carbonyl (C=O) groups is 2. The Bertz CT molecular complexity index is 451. The minimum Gasteiger partial charge on any atom is -0.494 e. The molecule has 1 aromatic carbocycles. The van der Waals surface area contributed by atoms with Crippen LogP contribution in [0, 0.1) is 0 Å². The third-order valence-corrected chi connectivity index (χ3v) is 3.32. The second kappa shape index (κ2) is 6.93. The third-order valence-electron chi connectivity index (χ3n) is 3.32. The number of carbonyl (C=O) groups excluding carboxylic acids is 2. The van der Waals surface area contributed by atoms with Crippen molar-refractivity contribution in [1.29, 1.82) is 0 Å². The molecular weight excluding hydrogens is 256 g/mol. The van der Waals surface area contributed by atoms with Crippen molar-refractivity contribution in [2.75, 3.05) is 32.8 Å². The van der Waals surface area contributed by atoms with E-state index in [2.05, 4.69) is 6.92 Å². The monoisotopic (exact) mass is 276 g/mol. The van der Waals surface area contributed by atoms with Gasteiger partial charge in [0, 0.05) is 31.7 Å². The van der Waals surface area contributed by atoms with Gasteiger partial charge in [0.2, 0.25) is 6.41 Å². The van der Waals surface area contributed by atoms with E-state index in [0.29, 0.717) is 38.3 Å². The summed E-state index contributed by atoms with van der Waals surface area (Å²) in [6, 6.07) is 7.23. The molecule has 1 aliphatic heterocycles. The van der Waals surface area contributed by atoms with Crippen LogP contribution in [0.5, 0.6) is 5.75 Å². The second-order valence-electron chi connectivity index (χ2n) is 4.81. The van der Waals surface area contributed by atoms with E-state index in [0.717, 1.165) is 18.6 Å². The molecular formula is C15H20N2O3. The molecule has 0 bridgehead atoms. The molecule has 1 fully saturated rings. The van der Waals surface area contributed by atoms with Crippen molar-refractivity contribution >= 4 is 12.3 Å². The minimum atomic E-state index is 0.0117. The molecule has 20 heavy (non-hydrogen) atoms. The number of benzene rings is 1. The van der Waals surface area contributed by atoms with Gasteiger partial charge in [-0.15, -0.1) is 0 Å². The van der Waals surface area contributed by atoms with Crippen LogP contribution in [-0.2, 0) is 4.79 Å². The van der Waals surface area contributed by atoms with Crippen LogP contribution >= 0.6 is 0 Å². The Labute approximate surface area is 119 Å². The van der Waals surface area contributed by atoms with Crippen LogP contribution in [0.2, 0.25) is 0 Å². The first-order valence-corrected chi connectivity index (χ1v) is 6.96. The molecule has 0 radical (unpaired) electrons. The molecule has 0 atom stereocenters. The van der Waals surface area contributed by atoms with Crippen LogP contribution < -0.4 is 4.74 Å². The van der Waals surface area contributed by atoms with Crippen LogP contribution in [0.3, 0.4) is 0 Å². The molecule has 0 unspecified atom stereocenters. The molecule has 5 heteroatoms. The van der Waals surface area contributed by atoms with E-state index in [-0.39, 0.29) is 5.91 Å². The van der Waals surface area contributed by atoms with Gasteiger partial charge in [-0.2, -0.15) is 0 Å². The van der Waals surface area contributed by atoms with Gasteiger partial charge in [-0.25, -0.2) is 0 Å². The molecule has 1 saturated heterocycles. The van der Waals surface area contributed by atoms with Crippen molar-refractivity contribution in [3.8, 4) is 5.75 Å². The molecule has 0 aromatic heterocycles. The lowest BCUT2D eigenvalue weighted by Gasteiger charge is -2.32. The highest BCUT2D eigenvalue weighted by atomic mass is 16.5. The fraction of sp³-hybridized carbons (Fsp3) is 0.467. The van der Waals surface area contributed by atoms with Crippen LogP contribution in [-0.4, -0.2) is 54.9 Å². The summed E-state index contributed by atoms with van der Waals surface area (Å²) in [5.41, 5.74) is 0.661. The van der Waals surface area contributed by atoms with Crippen LogP contribution in [0.1, 0.15) is 23.7 Å². The standard InChI is InChI=1S/C15H20N2O3/c1-2-11-20-14-5-3-13(4-6-14)15(19)17-9-7-16(12-18)8-10-17/h3-6,12H,2,7-11H2,1H3. The van der Waals surface area contributed by atoms with Crippen molar-refractivity contribution in [3.63, 3.8) is 0 Å². The van der Waals surface area contributed by atoms with Gasteiger partial charge in [-0.1, -0.05) is 6.92 Å². The summed E-state index contributed by atoms with van der Waals surface area (Å²) in [6.45, 7) is 5.12. The summed E-state index contributed by atoms with van der Waals surface area (Å²) in [5, 5.41) is 0. The number of hydrogen-bond acceptors (Lipinski definition) is 3. The summed E-state index contributed by atoms with van der Waals surface area (Å²) in [5.74, 6) is 0.798. The molecule has 1 aromatic rings. The number of piperazine rings is 1. The summed E-state index contributed by atoms with van der Waals surface area (Å²) in [6.07, 6.45) is 1.80. The SMILES string of the molecule is CCCOc1ccc(C(=O)N2CCN(C=O)CC2)cc1. The zero-order valence-corrected chi connectivity index (χ0v) is 11.7. The molecule has 1 aliphatic rings. The third kappa shape index (κ3) is 3.50. The van der Waals surface area contributed by atoms with E-state index in [9.17, 15) is 9.59 Å². The maximum absolute atomic E-state index is 12.3. The Hall–Kier alpha value is -2.04. The van der Waals surface area contributed by atoms with Gasteiger partial charge in [-0.05, 0) is 30.7 Å². The van der Waals surface area contributed by atoms with Crippen molar-refractivity contribution in [2.24, 2.45) is 0 Å².